The largest absolute Gasteiger partial charge is 0.392 e. The molecule has 88 valence electrons. The van der Waals surface area contributed by atoms with Gasteiger partial charge in [0.15, 0.2) is 0 Å². The Bertz CT molecular complexity index is 525. The summed E-state index contributed by atoms with van der Waals surface area (Å²) in [5, 5.41) is 9.70. The maximum Gasteiger partial charge on any atom is 0.0682 e. The van der Waals surface area contributed by atoms with E-state index >= 15 is 0 Å². The second-order valence-electron chi connectivity index (χ2n) is 3.84. The normalized spacial score (nSPS) is 10.5. The zero-order valence-corrected chi connectivity index (χ0v) is 11.1. The number of halogens is 1. The van der Waals surface area contributed by atoms with Gasteiger partial charge in [-0.15, -0.1) is 0 Å². The van der Waals surface area contributed by atoms with E-state index in [1.807, 2.05) is 18.2 Å². The summed E-state index contributed by atoms with van der Waals surface area (Å²) < 4.78 is 0. The molecule has 0 heterocycles. The van der Waals surface area contributed by atoms with Gasteiger partial charge in [0.2, 0.25) is 0 Å². The summed E-state index contributed by atoms with van der Waals surface area (Å²) in [4.78, 5) is 2.18. The van der Waals surface area contributed by atoms with Gasteiger partial charge in [-0.05, 0) is 36.8 Å². The van der Waals surface area contributed by atoms with Gasteiger partial charge in [0, 0.05) is 9.79 Å². The number of rotatable bonds is 3. The molecule has 0 spiro atoms. The monoisotopic (exact) mass is 264 g/mol. The summed E-state index contributed by atoms with van der Waals surface area (Å²) in [6.45, 7) is 2.09. The summed E-state index contributed by atoms with van der Waals surface area (Å²) in [7, 11) is 0. The fraction of sp³-hybridized carbons (Fsp3) is 0.143. The van der Waals surface area contributed by atoms with Crippen molar-refractivity contribution in [2.45, 2.75) is 23.3 Å². The van der Waals surface area contributed by atoms with E-state index in [1.165, 1.54) is 10.5 Å². The van der Waals surface area contributed by atoms with Gasteiger partial charge in [-0.25, -0.2) is 0 Å². The predicted octanol–water partition coefficient (Wildman–Crippen LogP) is 4.29. The number of aliphatic hydroxyl groups excluding tert-OH is 1. The smallest absolute Gasteiger partial charge is 0.0682 e. The number of hydrogen-bond donors (Lipinski definition) is 1. The minimum atomic E-state index is 0.0229. The number of benzene rings is 2. The lowest BCUT2D eigenvalue weighted by Gasteiger charge is -2.06. The quantitative estimate of drug-likeness (QED) is 0.892. The molecule has 0 aliphatic rings. The molecule has 17 heavy (non-hydrogen) atoms. The van der Waals surface area contributed by atoms with Gasteiger partial charge in [-0.3, -0.25) is 0 Å². The van der Waals surface area contributed by atoms with Crippen LogP contribution < -0.4 is 0 Å². The van der Waals surface area contributed by atoms with E-state index in [9.17, 15) is 0 Å². The molecule has 0 radical (unpaired) electrons. The third kappa shape index (κ3) is 3.25. The van der Waals surface area contributed by atoms with Crippen molar-refractivity contribution < 1.29 is 5.11 Å². The van der Waals surface area contributed by atoms with Gasteiger partial charge in [0.25, 0.3) is 0 Å². The van der Waals surface area contributed by atoms with Gasteiger partial charge in [-0.1, -0.05) is 47.1 Å². The molecule has 0 atom stereocenters. The van der Waals surface area contributed by atoms with Crippen LogP contribution in [0, 0.1) is 6.92 Å². The van der Waals surface area contributed by atoms with Crippen LogP contribution in [-0.4, -0.2) is 5.11 Å². The first-order valence-corrected chi connectivity index (χ1v) is 6.52. The summed E-state index contributed by atoms with van der Waals surface area (Å²) in [5.74, 6) is 0. The molecule has 2 aromatic rings. The summed E-state index contributed by atoms with van der Waals surface area (Å²) in [5.41, 5.74) is 2.07. The van der Waals surface area contributed by atoms with E-state index in [0.717, 1.165) is 10.5 Å². The van der Waals surface area contributed by atoms with Crippen LogP contribution in [0.15, 0.2) is 52.3 Å². The molecule has 0 aromatic heterocycles. The van der Waals surface area contributed by atoms with Crippen LogP contribution in [0.5, 0.6) is 0 Å². The number of aliphatic hydroxyl groups is 1. The van der Waals surface area contributed by atoms with Crippen LogP contribution in [0.3, 0.4) is 0 Å². The van der Waals surface area contributed by atoms with Crippen LogP contribution in [0.2, 0.25) is 5.02 Å². The third-order valence-corrected chi connectivity index (χ3v) is 3.89. The fourth-order valence-corrected chi connectivity index (χ4v) is 2.79. The van der Waals surface area contributed by atoms with Gasteiger partial charge in [-0.2, -0.15) is 0 Å². The Morgan fingerprint density at radius 1 is 1.18 bits per heavy atom. The van der Waals surface area contributed by atoms with Crippen molar-refractivity contribution in [2.75, 3.05) is 0 Å². The average Bonchev–Trinajstić information content (AvgIpc) is 2.32. The van der Waals surface area contributed by atoms with Crippen molar-refractivity contribution >= 4 is 23.4 Å². The highest BCUT2D eigenvalue weighted by Crippen LogP contribution is 2.34. The van der Waals surface area contributed by atoms with Crippen LogP contribution in [-0.2, 0) is 6.61 Å². The van der Waals surface area contributed by atoms with Gasteiger partial charge >= 0.3 is 0 Å². The minimum absolute atomic E-state index is 0.0229. The highest BCUT2D eigenvalue weighted by atomic mass is 35.5. The van der Waals surface area contributed by atoms with Gasteiger partial charge in [0.1, 0.15) is 0 Å². The molecule has 0 saturated heterocycles. The second kappa shape index (κ2) is 5.58. The summed E-state index contributed by atoms with van der Waals surface area (Å²) in [6.07, 6.45) is 0. The Hall–Kier alpha value is -0.960. The molecule has 0 saturated carbocycles. The standard InChI is InChI=1S/C14H13ClOS/c1-10-3-2-4-12(7-10)17-14-6-5-11(9-16)8-13(14)15/h2-8,16H,9H2,1H3. The highest BCUT2D eigenvalue weighted by molar-refractivity contribution is 7.99. The summed E-state index contributed by atoms with van der Waals surface area (Å²) >= 11 is 7.80. The third-order valence-electron chi connectivity index (χ3n) is 2.40. The van der Waals surface area contributed by atoms with Crippen LogP contribution in [0.1, 0.15) is 11.1 Å². The molecule has 0 bridgehead atoms. The Morgan fingerprint density at radius 3 is 2.65 bits per heavy atom. The van der Waals surface area contributed by atoms with Gasteiger partial charge in [0.05, 0.1) is 11.6 Å². The van der Waals surface area contributed by atoms with E-state index in [1.54, 1.807) is 17.8 Å². The molecule has 1 N–H and O–H groups in total. The van der Waals surface area contributed by atoms with Crippen molar-refractivity contribution in [3.8, 4) is 0 Å². The van der Waals surface area contributed by atoms with E-state index in [0.29, 0.717) is 5.02 Å². The molecule has 2 aromatic carbocycles. The van der Waals surface area contributed by atoms with Crippen molar-refractivity contribution in [3.05, 3.63) is 58.6 Å². The Balaban J connectivity index is 2.24. The number of hydrogen-bond acceptors (Lipinski definition) is 2. The van der Waals surface area contributed by atoms with Crippen LogP contribution >= 0.6 is 23.4 Å². The van der Waals surface area contributed by atoms with Crippen molar-refractivity contribution in [2.24, 2.45) is 0 Å². The molecular weight excluding hydrogens is 252 g/mol. The zero-order valence-electron chi connectivity index (χ0n) is 9.48. The molecule has 2 rings (SSSR count). The molecule has 0 fully saturated rings. The average molecular weight is 265 g/mol. The van der Waals surface area contributed by atoms with E-state index in [4.69, 9.17) is 16.7 Å². The first-order chi connectivity index (χ1) is 8.19. The van der Waals surface area contributed by atoms with E-state index < -0.39 is 0 Å². The van der Waals surface area contributed by atoms with Gasteiger partial charge < -0.3 is 5.11 Å². The Labute approximate surface area is 110 Å². The zero-order chi connectivity index (χ0) is 12.3. The maximum atomic E-state index is 9.01. The van der Waals surface area contributed by atoms with Crippen molar-refractivity contribution in [1.82, 2.24) is 0 Å². The van der Waals surface area contributed by atoms with E-state index in [-0.39, 0.29) is 6.61 Å². The SMILES string of the molecule is Cc1cccc(Sc2ccc(CO)cc2Cl)c1. The Morgan fingerprint density at radius 2 is 2.00 bits per heavy atom. The molecule has 3 heteroatoms. The lowest BCUT2D eigenvalue weighted by atomic mass is 10.2. The first-order valence-electron chi connectivity index (χ1n) is 5.33. The highest BCUT2D eigenvalue weighted by Gasteiger charge is 2.04. The maximum absolute atomic E-state index is 9.01. The van der Waals surface area contributed by atoms with Crippen LogP contribution in [0.25, 0.3) is 0 Å². The second-order valence-corrected chi connectivity index (χ2v) is 5.36. The molecule has 1 nitrogen and oxygen atoms in total. The predicted molar refractivity (Wildman–Crippen MR) is 72.7 cm³/mol. The van der Waals surface area contributed by atoms with Crippen molar-refractivity contribution in [1.29, 1.82) is 0 Å². The lowest BCUT2D eigenvalue weighted by molar-refractivity contribution is 0.282. The summed E-state index contributed by atoms with van der Waals surface area (Å²) in [6, 6.07) is 13.9. The van der Waals surface area contributed by atoms with E-state index in [2.05, 4.69) is 25.1 Å². The lowest BCUT2D eigenvalue weighted by Crippen LogP contribution is -1.84. The minimum Gasteiger partial charge on any atom is -0.392 e. The molecule has 0 aliphatic carbocycles. The van der Waals surface area contributed by atoms with Crippen LogP contribution in [0.4, 0.5) is 0 Å². The fourth-order valence-electron chi connectivity index (χ4n) is 1.53. The molecule has 0 unspecified atom stereocenters. The first kappa shape index (κ1) is 12.5. The van der Waals surface area contributed by atoms with Crippen molar-refractivity contribution in [3.63, 3.8) is 0 Å². The molecule has 0 amide bonds. The molecular formula is C14H13ClOS. The Kier molecular flexibility index (Phi) is 4.11. The topological polar surface area (TPSA) is 20.2 Å². The molecule has 0 aliphatic heterocycles. The number of aryl methyl sites for hydroxylation is 1.